The van der Waals surface area contributed by atoms with Crippen molar-refractivity contribution in [2.24, 2.45) is 0 Å². The minimum absolute atomic E-state index is 0.209. The van der Waals surface area contributed by atoms with Crippen LogP contribution in [0.15, 0.2) is 6.07 Å². The third-order valence-electron chi connectivity index (χ3n) is 3.10. The van der Waals surface area contributed by atoms with Crippen LogP contribution in [0.5, 0.6) is 0 Å². The molecule has 0 aliphatic heterocycles. The highest BCUT2D eigenvalue weighted by atomic mass is 35.5. The predicted molar refractivity (Wildman–Crippen MR) is 66.9 cm³/mol. The number of nitrogens with zero attached hydrogens (tertiary/aromatic N) is 2. The van der Waals surface area contributed by atoms with Crippen molar-refractivity contribution in [2.45, 2.75) is 51.5 Å². The molecule has 16 heavy (non-hydrogen) atoms. The monoisotopic (exact) mass is 239 g/mol. The van der Waals surface area contributed by atoms with Crippen molar-refractivity contribution in [2.75, 3.05) is 5.32 Å². The van der Waals surface area contributed by atoms with Gasteiger partial charge in [-0.15, -0.1) is 0 Å². The summed E-state index contributed by atoms with van der Waals surface area (Å²) >= 11 is 5.98. The van der Waals surface area contributed by atoms with E-state index in [4.69, 9.17) is 11.6 Å². The van der Waals surface area contributed by atoms with Crippen molar-refractivity contribution in [1.29, 1.82) is 0 Å². The zero-order valence-electron chi connectivity index (χ0n) is 9.89. The van der Waals surface area contributed by atoms with E-state index in [1.54, 1.807) is 0 Å². The van der Waals surface area contributed by atoms with Gasteiger partial charge in [0.2, 0.25) is 0 Å². The molecule has 3 nitrogen and oxygen atoms in total. The molecule has 2 rings (SSSR count). The fourth-order valence-corrected chi connectivity index (χ4v) is 2.21. The van der Waals surface area contributed by atoms with E-state index in [0.29, 0.717) is 5.15 Å². The smallest absolute Gasteiger partial charge is 0.134 e. The van der Waals surface area contributed by atoms with Crippen molar-refractivity contribution >= 4 is 17.4 Å². The molecule has 1 aromatic heterocycles. The maximum Gasteiger partial charge on any atom is 0.134 e. The Hall–Kier alpha value is -0.830. The number of aromatic nitrogens is 2. The molecule has 0 unspecified atom stereocenters. The number of rotatable bonds is 4. The van der Waals surface area contributed by atoms with E-state index >= 15 is 0 Å². The largest absolute Gasteiger partial charge is 0.365 e. The van der Waals surface area contributed by atoms with E-state index in [0.717, 1.165) is 24.5 Å². The summed E-state index contributed by atoms with van der Waals surface area (Å²) < 4.78 is 0. The average Bonchev–Trinajstić information content (AvgIpc) is 2.14. The van der Waals surface area contributed by atoms with E-state index in [1.165, 1.54) is 19.3 Å². The fourth-order valence-electron chi connectivity index (χ4n) is 2.01. The molecule has 1 saturated carbocycles. The molecule has 4 heteroatoms. The SMILES string of the molecule is CCCc1nc(Cl)cc(NC2(C)CCC2)n1. The van der Waals surface area contributed by atoms with Gasteiger partial charge in [0, 0.05) is 18.0 Å². The van der Waals surface area contributed by atoms with Crippen LogP contribution in [0, 0.1) is 0 Å². The minimum Gasteiger partial charge on any atom is -0.365 e. The minimum atomic E-state index is 0.209. The number of hydrogen-bond acceptors (Lipinski definition) is 3. The van der Waals surface area contributed by atoms with Gasteiger partial charge in [-0.2, -0.15) is 0 Å². The standard InChI is InChI=1S/C12H18ClN3/c1-3-5-10-14-9(13)8-11(15-10)16-12(2)6-4-7-12/h8H,3-7H2,1-2H3,(H,14,15,16). The lowest BCUT2D eigenvalue weighted by Crippen LogP contribution is -2.41. The van der Waals surface area contributed by atoms with E-state index in [-0.39, 0.29) is 5.54 Å². The number of halogens is 1. The van der Waals surface area contributed by atoms with E-state index in [9.17, 15) is 0 Å². The molecule has 0 saturated heterocycles. The van der Waals surface area contributed by atoms with Crippen molar-refractivity contribution in [1.82, 2.24) is 9.97 Å². The molecule has 0 atom stereocenters. The quantitative estimate of drug-likeness (QED) is 0.818. The molecule has 0 amide bonds. The molecule has 1 aliphatic carbocycles. The van der Waals surface area contributed by atoms with Crippen LogP contribution in [0.25, 0.3) is 0 Å². The second kappa shape index (κ2) is 4.58. The molecule has 1 heterocycles. The van der Waals surface area contributed by atoms with Crippen LogP contribution in [0.4, 0.5) is 5.82 Å². The molecule has 1 fully saturated rings. The van der Waals surface area contributed by atoms with Gasteiger partial charge < -0.3 is 5.32 Å². The summed E-state index contributed by atoms with van der Waals surface area (Å²) in [5.41, 5.74) is 0.209. The lowest BCUT2D eigenvalue weighted by Gasteiger charge is -2.39. The number of hydrogen-bond donors (Lipinski definition) is 1. The Bertz CT molecular complexity index is 375. The highest BCUT2D eigenvalue weighted by Crippen LogP contribution is 2.34. The second-order valence-corrected chi connectivity index (χ2v) is 5.17. The van der Waals surface area contributed by atoms with Gasteiger partial charge in [0.25, 0.3) is 0 Å². The van der Waals surface area contributed by atoms with Crippen LogP contribution in [-0.2, 0) is 6.42 Å². The van der Waals surface area contributed by atoms with Crippen LogP contribution in [-0.4, -0.2) is 15.5 Å². The molecular formula is C12H18ClN3. The Morgan fingerprint density at radius 2 is 2.19 bits per heavy atom. The molecular weight excluding hydrogens is 222 g/mol. The van der Waals surface area contributed by atoms with Crippen molar-refractivity contribution in [3.05, 3.63) is 17.0 Å². The Morgan fingerprint density at radius 1 is 1.44 bits per heavy atom. The lowest BCUT2D eigenvalue weighted by atomic mass is 9.78. The third-order valence-corrected chi connectivity index (χ3v) is 3.30. The second-order valence-electron chi connectivity index (χ2n) is 4.78. The summed E-state index contributed by atoms with van der Waals surface area (Å²) in [5.74, 6) is 1.70. The summed E-state index contributed by atoms with van der Waals surface area (Å²) in [6, 6.07) is 1.81. The zero-order valence-corrected chi connectivity index (χ0v) is 10.6. The normalized spacial score (nSPS) is 17.9. The summed E-state index contributed by atoms with van der Waals surface area (Å²) in [7, 11) is 0. The van der Waals surface area contributed by atoms with Crippen LogP contribution in [0.3, 0.4) is 0 Å². The summed E-state index contributed by atoms with van der Waals surface area (Å²) in [4.78, 5) is 8.70. The highest BCUT2D eigenvalue weighted by Gasteiger charge is 2.31. The Balaban J connectivity index is 2.13. The van der Waals surface area contributed by atoms with E-state index in [1.807, 2.05) is 6.07 Å². The first kappa shape index (κ1) is 11.6. The van der Waals surface area contributed by atoms with Gasteiger partial charge in [0.15, 0.2) is 0 Å². The fraction of sp³-hybridized carbons (Fsp3) is 0.667. The molecule has 1 aliphatic rings. The van der Waals surface area contributed by atoms with Gasteiger partial charge in [-0.25, -0.2) is 9.97 Å². The maximum atomic E-state index is 5.98. The first-order valence-electron chi connectivity index (χ1n) is 5.93. The van der Waals surface area contributed by atoms with Crippen LogP contribution >= 0.6 is 11.6 Å². The molecule has 0 radical (unpaired) electrons. The molecule has 0 aromatic carbocycles. The maximum absolute atomic E-state index is 5.98. The molecule has 0 spiro atoms. The first-order valence-corrected chi connectivity index (χ1v) is 6.31. The Morgan fingerprint density at radius 3 is 2.75 bits per heavy atom. The molecule has 88 valence electrons. The average molecular weight is 240 g/mol. The number of nitrogens with one attached hydrogen (secondary N) is 1. The van der Waals surface area contributed by atoms with E-state index in [2.05, 4.69) is 29.1 Å². The van der Waals surface area contributed by atoms with Gasteiger partial charge in [0.1, 0.15) is 16.8 Å². The first-order chi connectivity index (χ1) is 7.61. The highest BCUT2D eigenvalue weighted by molar-refractivity contribution is 6.29. The number of aryl methyl sites for hydroxylation is 1. The van der Waals surface area contributed by atoms with Gasteiger partial charge in [0.05, 0.1) is 0 Å². The summed E-state index contributed by atoms with van der Waals surface area (Å²) in [5, 5.41) is 3.99. The van der Waals surface area contributed by atoms with Gasteiger partial charge in [-0.05, 0) is 32.6 Å². The van der Waals surface area contributed by atoms with Crippen LogP contribution < -0.4 is 5.32 Å². The summed E-state index contributed by atoms with van der Waals surface area (Å²) in [6.45, 7) is 4.34. The van der Waals surface area contributed by atoms with Gasteiger partial charge >= 0.3 is 0 Å². The molecule has 0 bridgehead atoms. The van der Waals surface area contributed by atoms with Crippen LogP contribution in [0.2, 0.25) is 5.15 Å². The Labute approximate surface area is 102 Å². The van der Waals surface area contributed by atoms with Crippen LogP contribution in [0.1, 0.15) is 45.4 Å². The number of anilines is 1. The van der Waals surface area contributed by atoms with Gasteiger partial charge in [-0.1, -0.05) is 18.5 Å². The van der Waals surface area contributed by atoms with Crippen molar-refractivity contribution in [3.63, 3.8) is 0 Å². The predicted octanol–water partition coefficient (Wildman–Crippen LogP) is 3.44. The Kier molecular flexibility index (Phi) is 3.33. The van der Waals surface area contributed by atoms with Crippen molar-refractivity contribution in [3.8, 4) is 0 Å². The molecule has 1 N–H and O–H groups in total. The van der Waals surface area contributed by atoms with Gasteiger partial charge in [-0.3, -0.25) is 0 Å². The lowest BCUT2D eigenvalue weighted by molar-refractivity contribution is 0.305. The van der Waals surface area contributed by atoms with E-state index < -0.39 is 0 Å². The topological polar surface area (TPSA) is 37.8 Å². The molecule has 1 aromatic rings. The van der Waals surface area contributed by atoms with Crippen molar-refractivity contribution < 1.29 is 0 Å². The third kappa shape index (κ3) is 2.64. The summed E-state index contributed by atoms with van der Waals surface area (Å²) in [6.07, 6.45) is 5.63. The zero-order chi connectivity index (χ0) is 11.6.